The number of amides is 1. The van der Waals surface area contributed by atoms with E-state index in [1.165, 1.54) is 18.5 Å². The fourth-order valence-electron chi connectivity index (χ4n) is 3.83. The minimum absolute atomic E-state index is 0.0365. The van der Waals surface area contributed by atoms with Gasteiger partial charge in [0.25, 0.3) is 0 Å². The number of oxazole rings is 1. The fraction of sp³-hybridized carbons (Fsp3) is 0.217. The first-order valence-corrected chi connectivity index (χ1v) is 9.98. The number of halogens is 1. The van der Waals surface area contributed by atoms with Gasteiger partial charge in [-0.2, -0.15) is 0 Å². The third kappa shape index (κ3) is 3.50. The van der Waals surface area contributed by atoms with Crippen molar-refractivity contribution in [1.82, 2.24) is 15.0 Å². The molecule has 1 aromatic carbocycles. The number of nitrogens with two attached hydrogens (primary N) is 1. The molecule has 3 N–H and O–H groups in total. The number of aryl methyl sites for hydroxylation is 1. The molecule has 1 fully saturated rings. The molecule has 8 heteroatoms. The second-order valence-corrected chi connectivity index (χ2v) is 7.98. The molecule has 4 aromatic rings. The van der Waals surface area contributed by atoms with Crippen LogP contribution in [0.3, 0.4) is 0 Å². The summed E-state index contributed by atoms with van der Waals surface area (Å²) in [6.07, 6.45) is 5.41. The van der Waals surface area contributed by atoms with E-state index in [0.29, 0.717) is 50.8 Å². The lowest BCUT2D eigenvalue weighted by molar-refractivity contribution is -0.117. The zero-order chi connectivity index (χ0) is 21.7. The molecule has 2 atom stereocenters. The highest BCUT2D eigenvalue weighted by Crippen LogP contribution is 2.38. The molecule has 0 aliphatic heterocycles. The highest BCUT2D eigenvalue weighted by atomic mass is 19.1. The Labute approximate surface area is 177 Å². The predicted octanol–water partition coefficient (Wildman–Crippen LogP) is 4.58. The largest absolute Gasteiger partial charge is 0.445 e. The Morgan fingerprint density at radius 2 is 2.06 bits per heavy atom. The average Bonchev–Trinajstić information content (AvgIpc) is 3.22. The van der Waals surface area contributed by atoms with Crippen molar-refractivity contribution < 1.29 is 13.6 Å². The quantitative estimate of drug-likeness (QED) is 0.503. The molecule has 0 bridgehead atoms. The summed E-state index contributed by atoms with van der Waals surface area (Å²) in [6, 6.07) is 6.64. The number of rotatable bonds is 4. The molecule has 1 amide bonds. The monoisotopic (exact) mass is 417 g/mol. The van der Waals surface area contributed by atoms with Crippen molar-refractivity contribution in [1.29, 1.82) is 0 Å². The third-order valence-electron chi connectivity index (χ3n) is 5.67. The van der Waals surface area contributed by atoms with Gasteiger partial charge in [0.2, 0.25) is 11.8 Å². The standard InChI is InChI=1S/C23H20FN5O2/c1-11-6-15(11)22(30)29-19-9-13-8-18(28-21(25)16(13)10-27-19)20-12(2)5-14(7-17(20)24)23-26-3-4-31-23/h3-5,7-11,15H,6H2,1-2H3,(H2,25,28)(H,27,29,30). The maximum atomic E-state index is 15.1. The van der Waals surface area contributed by atoms with E-state index < -0.39 is 5.82 Å². The summed E-state index contributed by atoms with van der Waals surface area (Å²) in [6.45, 7) is 3.84. The lowest BCUT2D eigenvalue weighted by Crippen LogP contribution is -2.15. The molecule has 3 aromatic heterocycles. The number of carbonyl (C=O) groups excluding carboxylic acids is 1. The highest BCUT2D eigenvalue weighted by Gasteiger charge is 2.39. The highest BCUT2D eigenvalue weighted by molar-refractivity contribution is 5.98. The minimum atomic E-state index is -0.454. The fourth-order valence-corrected chi connectivity index (χ4v) is 3.83. The van der Waals surface area contributed by atoms with E-state index in [1.54, 1.807) is 31.3 Å². The van der Waals surface area contributed by atoms with Gasteiger partial charge in [-0.05, 0) is 54.5 Å². The maximum absolute atomic E-state index is 15.1. The number of benzene rings is 1. The normalized spacial score (nSPS) is 17.6. The summed E-state index contributed by atoms with van der Waals surface area (Å²) in [7, 11) is 0. The van der Waals surface area contributed by atoms with E-state index in [-0.39, 0.29) is 17.6 Å². The number of hydrogen-bond acceptors (Lipinski definition) is 6. The van der Waals surface area contributed by atoms with E-state index >= 15 is 4.39 Å². The number of anilines is 2. The van der Waals surface area contributed by atoms with Crippen LogP contribution in [0.5, 0.6) is 0 Å². The summed E-state index contributed by atoms with van der Waals surface area (Å²) < 4.78 is 20.4. The van der Waals surface area contributed by atoms with Gasteiger partial charge in [-0.3, -0.25) is 4.79 Å². The zero-order valence-electron chi connectivity index (χ0n) is 17.0. The van der Waals surface area contributed by atoms with Gasteiger partial charge in [0.15, 0.2) is 0 Å². The SMILES string of the molecule is Cc1cc(-c2ncco2)cc(F)c1-c1cc2cc(NC(=O)C3CC3C)ncc2c(N)n1. The second kappa shape index (κ2) is 7.16. The smallest absolute Gasteiger partial charge is 0.228 e. The van der Waals surface area contributed by atoms with Crippen LogP contribution in [0.25, 0.3) is 33.5 Å². The molecule has 156 valence electrons. The Hall–Kier alpha value is -3.81. The van der Waals surface area contributed by atoms with Crippen molar-refractivity contribution in [3.05, 3.63) is 54.3 Å². The van der Waals surface area contributed by atoms with Crippen molar-refractivity contribution >= 4 is 28.3 Å². The van der Waals surface area contributed by atoms with E-state index in [0.717, 1.165) is 6.42 Å². The molecule has 0 saturated heterocycles. The Balaban J connectivity index is 1.55. The van der Waals surface area contributed by atoms with E-state index in [1.807, 2.05) is 6.92 Å². The van der Waals surface area contributed by atoms with E-state index in [9.17, 15) is 4.79 Å². The molecule has 31 heavy (non-hydrogen) atoms. The van der Waals surface area contributed by atoms with Crippen molar-refractivity contribution in [3.63, 3.8) is 0 Å². The third-order valence-corrected chi connectivity index (χ3v) is 5.67. The lowest BCUT2D eigenvalue weighted by Gasteiger charge is -2.12. The van der Waals surface area contributed by atoms with Gasteiger partial charge in [-0.15, -0.1) is 0 Å². The van der Waals surface area contributed by atoms with Crippen molar-refractivity contribution in [3.8, 4) is 22.7 Å². The minimum Gasteiger partial charge on any atom is -0.445 e. The van der Waals surface area contributed by atoms with Crippen molar-refractivity contribution in [2.75, 3.05) is 11.1 Å². The van der Waals surface area contributed by atoms with E-state index in [2.05, 4.69) is 20.3 Å². The summed E-state index contributed by atoms with van der Waals surface area (Å²) in [5.74, 6) is 0.965. The molecule has 0 spiro atoms. The first kappa shape index (κ1) is 19.2. The lowest BCUT2D eigenvalue weighted by atomic mass is 9.99. The molecule has 3 heterocycles. The number of nitrogens with zero attached hydrogens (tertiary/aromatic N) is 3. The van der Waals surface area contributed by atoms with Gasteiger partial charge in [-0.25, -0.2) is 19.3 Å². The van der Waals surface area contributed by atoms with Gasteiger partial charge < -0.3 is 15.5 Å². The Bertz CT molecular complexity index is 1300. The molecule has 7 nitrogen and oxygen atoms in total. The maximum Gasteiger partial charge on any atom is 0.228 e. The topological polar surface area (TPSA) is 107 Å². The van der Waals surface area contributed by atoms with Crippen LogP contribution in [0, 0.1) is 24.6 Å². The zero-order valence-corrected chi connectivity index (χ0v) is 17.0. The average molecular weight is 417 g/mol. The van der Waals surface area contributed by atoms with Gasteiger partial charge in [0, 0.05) is 28.6 Å². The molecule has 0 radical (unpaired) electrons. The van der Waals surface area contributed by atoms with Gasteiger partial charge in [0.1, 0.15) is 23.7 Å². The Kier molecular flexibility index (Phi) is 4.43. The van der Waals surface area contributed by atoms with Crippen LogP contribution in [0.15, 0.2) is 47.3 Å². The summed E-state index contributed by atoms with van der Waals surface area (Å²) in [4.78, 5) is 25.0. The number of carbonyl (C=O) groups is 1. The molecule has 1 aliphatic rings. The predicted molar refractivity (Wildman–Crippen MR) is 115 cm³/mol. The molecule has 5 rings (SSSR count). The van der Waals surface area contributed by atoms with Crippen molar-refractivity contribution in [2.24, 2.45) is 11.8 Å². The molecular weight excluding hydrogens is 397 g/mol. The molecule has 1 aliphatic carbocycles. The van der Waals surface area contributed by atoms with Crippen LogP contribution < -0.4 is 11.1 Å². The van der Waals surface area contributed by atoms with Gasteiger partial charge >= 0.3 is 0 Å². The van der Waals surface area contributed by atoms with E-state index in [4.69, 9.17) is 10.2 Å². The first-order chi connectivity index (χ1) is 14.9. The van der Waals surface area contributed by atoms with Crippen LogP contribution in [0.1, 0.15) is 18.9 Å². The Morgan fingerprint density at radius 3 is 2.74 bits per heavy atom. The number of fused-ring (bicyclic) bond motifs is 1. The molecule has 1 saturated carbocycles. The van der Waals surface area contributed by atoms with Crippen molar-refractivity contribution in [2.45, 2.75) is 20.3 Å². The number of nitrogen functional groups attached to an aromatic ring is 1. The van der Waals surface area contributed by atoms with Crippen LogP contribution in [-0.4, -0.2) is 20.9 Å². The second-order valence-electron chi connectivity index (χ2n) is 7.98. The molecule has 2 unspecified atom stereocenters. The number of aromatic nitrogens is 3. The summed E-state index contributed by atoms with van der Waals surface area (Å²) in [5, 5.41) is 4.20. The van der Waals surface area contributed by atoms with Crippen LogP contribution in [-0.2, 0) is 4.79 Å². The van der Waals surface area contributed by atoms with Crippen LogP contribution in [0.4, 0.5) is 16.0 Å². The number of pyridine rings is 2. The first-order valence-electron chi connectivity index (χ1n) is 9.98. The van der Waals surface area contributed by atoms with Crippen LogP contribution in [0.2, 0.25) is 0 Å². The van der Waals surface area contributed by atoms with Gasteiger partial charge in [-0.1, -0.05) is 6.92 Å². The summed E-state index contributed by atoms with van der Waals surface area (Å²) in [5.41, 5.74) is 8.10. The van der Waals surface area contributed by atoms with Crippen LogP contribution >= 0.6 is 0 Å². The molecular formula is C23H20FN5O2. The summed E-state index contributed by atoms with van der Waals surface area (Å²) >= 11 is 0. The number of hydrogen-bond donors (Lipinski definition) is 2. The number of nitrogens with one attached hydrogen (secondary N) is 1. The van der Waals surface area contributed by atoms with Gasteiger partial charge in [0.05, 0.1) is 11.9 Å². The Morgan fingerprint density at radius 1 is 1.26 bits per heavy atom.